The number of benzene rings is 3. The summed E-state index contributed by atoms with van der Waals surface area (Å²) in [6.45, 7) is 13.9. The van der Waals surface area contributed by atoms with Crippen LogP contribution in [0.15, 0.2) is 60.7 Å². The fourth-order valence-electron chi connectivity index (χ4n) is 6.46. The summed E-state index contributed by atoms with van der Waals surface area (Å²) < 4.78 is 14.9. The minimum Gasteiger partial charge on any atom is -0.481 e. The fraction of sp³-hybridized carbons (Fsp3) is 0.375. The number of amides is 1. The summed E-state index contributed by atoms with van der Waals surface area (Å²) in [5.41, 5.74) is 11.1. The van der Waals surface area contributed by atoms with Gasteiger partial charge in [0.25, 0.3) is 0 Å². The van der Waals surface area contributed by atoms with E-state index < -0.39 is 26.8 Å². The van der Waals surface area contributed by atoms with E-state index in [0.717, 1.165) is 22.2 Å². The Morgan fingerprint density at radius 3 is 2.08 bits per heavy atom. The molecule has 0 atom stereocenters. The molecule has 3 aromatic carbocycles. The Kier molecular flexibility index (Phi) is 8.70. The third-order valence-electron chi connectivity index (χ3n) is 8.01. The number of nitrogens with two attached hydrogens (primary N) is 1. The quantitative estimate of drug-likeness (QED) is 0.180. The average molecular weight is 561 g/mol. The molecule has 40 heavy (non-hydrogen) atoms. The summed E-state index contributed by atoms with van der Waals surface area (Å²) in [5.74, 6) is -1.23. The van der Waals surface area contributed by atoms with Gasteiger partial charge in [-0.15, -0.1) is 0 Å². The minimum atomic E-state index is -2.16. The van der Waals surface area contributed by atoms with Crippen LogP contribution in [0.2, 0.25) is 16.6 Å². The first kappa shape index (κ1) is 29.4. The zero-order valence-electron chi connectivity index (χ0n) is 24.2. The molecule has 0 aliphatic rings. The molecule has 212 valence electrons. The van der Waals surface area contributed by atoms with Crippen molar-refractivity contribution in [3.05, 3.63) is 77.4 Å². The number of hydrogen-bond donors (Lipinski definition) is 2. The molecule has 1 heterocycles. The maximum Gasteiger partial charge on any atom is 0.341 e. The van der Waals surface area contributed by atoms with Crippen molar-refractivity contribution in [3.8, 4) is 5.75 Å². The van der Waals surface area contributed by atoms with Crippen molar-refractivity contribution >= 4 is 42.0 Å². The lowest BCUT2D eigenvalue weighted by Gasteiger charge is -2.42. The van der Waals surface area contributed by atoms with Gasteiger partial charge in [-0.05, 0) is 52.0 Å². The standard InChI is InChI=1S/C32H40N2O5Si/c1-20(2)40(21(3)4,22(5)6)39-18-24-15-27-31(28(16-24)38-19-29(35)36)30-25(32(33)37)13-10-14-26(30)34(27)17-23-11-8-7-9-12-23/h7-16,20-22H,17-19H2,1-6H3,(H2,33,37)(H,35,36). The molecule has 0 unspecified atom stereocenters. The number of primary amides is 1. The maximum absolute atomic E-state index is 12.5. The number of aliphatic carboxylic acids is 1. The van der Waals surface area contributed by atoms with E-state index in [2.05, 4.69) is 64.3 Å². The molecule has 4 aromatic rings. The number of ether oxygens (including phenoxy) is 1. The van der Waals surface area contributed by atoms with Gasteiger partial charge in [-0.25, -0.2) is 4.79 Å². The SMILES string of the molecule is CC(C)[Si](OCc1cc(OCC(=O)O)c2c3c(C(N)=O)cccc3n(Cc3ccccc3)c2c1)(C(C)C)C(C)C. The van der Waals surface area contributed by atoms with E-state index in [1.54, 1.807) is 6.07 Å². The largest absolute Gasteiger partial charge is 0.481 e. The first-order chi connectivity index (χ1) is 19.0. The van der Waals surface area contributed by atoms with Crippen LogP contribution in [0.1, 0.15) is 63.0 Å². The zero-order chi connectivity index (χ0) is 29.2. The van der Waals surface area contributed by atoms with E-state index in [4.69, 9.17) is 14.9 Å². The molecule has 0 aliphatic carbocycles. The van der Waals surface area contributed by atoms with Crippen molar-refractivity contribution < 1.29 is 23.9 Å². The third-order valence-corrected chi connectivity index (χ3v) is 14.1. The second kappa shape index (κ2) is 11.9. The van der Waals surface area contributed by atoms with E-state index in [1.165, 1.54) is 0 Å². The van der Waals surface area contributed by atoms with Crippen LogP contribution in [0.3, 0.4) is 0 Å². The molecule has 3 N–H and O–H groups in total. The normalized spacial score (nSPS) is 12.2. The minimum absolute atomic E-state index is 0.365. The van der Waals surface area contributed by atoms with Gasteiger partial charge in [-0.3, -0.25) is 4.79 Å². The van der Waals surface area contributed by atoms with Crippen molar-refractivity contribution in [2.24, 2.45) is 5.73 Å². The van der Waals surface area contributed by atoms with Crippen LogP contribution in [0.5, 0.6) is 5.75 Å². The highest BCUT2D eigenvalue weighted by atomic mass is 28.4. The monoisotopic (exact) mass is 560 g/mol. The number of aromatic nitrogens is 1. The molecule has 1 amide bonds. The summed E-state index contributed by atoms with van der Waals surface area (Å²) in [6, 6.07) is 19.5. The average Bonchev–Trinajstić information content (AvgIpc) is 3.21. The van der Waals surface area contributed by atoms with Crippen LogP contribution < -0.4 is 10.5 Å². The van der Waals surface area contributed by atoms with Crippen LogP contribution in [0, 0.1) is 0 Å². The zero-order valence-corrected chi connectivity index (χ0v) is 25.2. The van der Waals surface area contributed by atoms with Gasteiger partial charge in [0.15, 0.2) is 6.61 Å². The van der Waals surface area contributed by atoms with Crippen molar-refractivity contribution in [1.29, 1.82) is 0 Å². The summed E-state index contributed by atoms with van der Waals surface area (Å²) in [4.78, 5) is 24.1. The number of rotatable bonds is 12. The summed E-state index contributed by atoms with van der Waals surface area (Å²) in [7, 11) is -2.16. The highest BCUT2D eigenvalue weighted by Crippen LogP contribution is 2.44. The van der Waals surface area contributed by atoms with Gasteiger partial charge in [-0.1, -0.05) is 77.9 Å². The van der Waals surface area contributed by atoms with E-state index in [1.807, 2.05) is 36.4 Å². The lowest BCUT2D eigenvalue weighted by Crippen LogP contribution is -2.47. The smallest absolute Gasteiger partial charge is 0.341 e. The first-order valence-corrected chi connectivity index (χ1v) is 16.0. The van der Waals surface area contributed by atoms with Gasteiger partial charge in [0, 0.05) is 17.5 Å². The third kappa shape index (κ3) is 5.51. The van der Waals surface area contributed by atoms with Crippen LogP contribution in [-0.2, 0) is 22.4 Å². The summed E-state index contributed by atoms with van der Waals surface area (Å²) in [6.07, 6.45) is 0. The molecule has 0 bridgehead atoms. The molecular formula is C32H40N2O5Si. The number of carbonyl (C=O) groups is 2. The van der Waals surface area contributed by atoms with Gasteiger partial charge >= 0.3 is 5.97 Å². The molecule has 0 fully saturated rings. The number of carboxylic acids is 1. The topological polar surface area (TPSA) is 104 Å². The summed E-state index contributed by atoms with van der Waals surface area (Å²) >= 11 is 0. The molecule has 1 aromatic heterocycles. The van der Waals surface area contributed by atoms with Crippen LogP contribution in [-0.4, -0.2) is 36.5 Å². The van der Waals surface area contributed by atoms with E-state index in [9.17, 15) is 14.7 Å². The van der Waals surface area contributed by atoms with Crippen molar-refractivity contribution in [3.63, 3.8) is 0 Å². The first-order valence-electron chi connectivity index (χ1n) is 13.9. The lowest BCUT2D eigenvalue weighted by molar-refractivity contribution is -0.139. The highest BCUT2D eigenvalue weighted by Gasteiger charge is 2.45. The number of hydrogen-bond acceptors (Lipinski definition) is 4. The number of fused-ring (bicyclic) bond motifs is 3. The van der Waals surface area contributed by atoms with Crippen molar-refractivity contribution in [2.45, 2.75) is 71.3 Å². The van der Waals surface area contributed by atoms with Crippen molar-refractivity contribution in [1.82, 2.24) is 4.57 Å². The molecule has 7 nitrogen and oxygen atoms in total. The molecule has 0 radical (unpaired) electrons. The van der Waals surface area contributed by atoms with Crippen LogP contribution in [0.4, 0.5) is 0 Å². The second-order valence-corrected chi connectivity index (χ2v) is 16.9. The van der Waals surface area contributed by atoms with E-state index in [0.29, 0.717) is 51.9 Å². The Hall–Kier alpha value is -3.62. The predicted molar refractivity (Wildman–Crippen MR) is 162 cm³/mol. The van der Waals surface area contributed by atoms with Crippen LogP contribution >= 0.6 is 0 Å². The lowest BCUT2D eigenvalue weighted by atomic mass is 10.0. The molecule has 0 aliphatic heterocycles. The fourth-order valence-corrected chi connectivity index (χ4v) is 11.9. The number of nitrogens with zero attached hydrogens (tertiary/aromatic N) is 1. The van der Waals surface area contributed by atoms with E-state index in [-0.39, 0.29) is 0 Å². The number of carbonyl (C=O) groups excluding carboxylic acids is 1. The van der Waals surface area contributed by atoms with Crippen LogP contribution in [0.25, 0.3) is 21.8 Å². The molecule has 4 rings (SSSR count). The van der Waals surface area contributed by atoms with Gasteiger partial charge in [0.1, 0.15) is 5.75 Å². The second-order valence-electron chi connectivity index (χ2n) is 11.4. The molecule has 0 saturated carbocycles. The van der Waals surface area contributed by atoms with Gasteiger partial charge in [0.2, 0.25) is 14.2 Å². The Morgan fingerprint density at radius 2 is 1.50 bits per heavy atom. The summed E-state index contributed by atoms with van der Waals surface area (Å²) in [5, 5.41) is 10.8. The molecule has 0 spiro atoms. The van der Waals surface area contributed by atoms with Gasteiger partial charge < -0.3 is 24.6 Å². The Labute approximate surface area is 237 Å². The van der Waals surface area contributed by atoms with E-state index >= 15 is 0 Å². The Balaban J connectivity index is 1.97. The Morgan fingerprint density at radius 1 is 0.850 bits per heavy atom. The van der Waals surface area contributed by atoms with Gasteiger partial charge in [-0.2, -0.15) is 0 Å². The van der Waals surface area contributed by atoms with Crippen molar-refractivity contribution in [2.75, 3.05) is 6.61 Å². The predicted octanol–water partition coefficient (Wildman–Crippen LogP) is 7.10. The number of carboxylic acid groups (broad SMARTS) is 1. The molecule has 8 heteroatoms. The maximum atomic E-state index is 12.5. The van der Waals surface area contributed by atoms with Gasteiger partial charge in [0.05, 0.1) is 23.0 Å². The highest BCUT2D eigenvalue weighted by molar-refractivity contribution is 6.77. The molecular weight excluding hydrogens is 520 g/mol. The molecule has 0 saturated heterocycles. The Bertz CT molecular complexity index is 1500.